The molecule has 1 aromatic carbocycles. The Balaban J connectivity index is 2.48. The molecule has 0 saturated heterocycles. The van der Waals surface area contributed by atoms with Crippen LogP contribution in [0.25, 0.3) is 0 Å². The maximum absolute atomic E-state index is 10.5. The second-order valence-corrected chi connectivity index (χ2v) is 5.23. The number of rotatable bonds is 9. The van der Waals surface area contributed by atoms with Crippen LogP contribution in [0.5, 0.6) is 5.75 Å². The summed E-state index contributed by atoms with van der Waals surface area (Å²) in [6.45, 7) is 4.69. The van der Waals surface area contributed by atoms with Crippen molar-refractivity contribution in [3.63, 3.8) is 0 Å². The van der Waals surface area contributed by atoms with Crippen molar-refractivity contribution in [3.8, 4) is 5.75 Å². The third kappa shape index (κ3) is 6.95. The minimum absolute atomic E-state index is 0.0131. The van der Waals surface area contributed by atoms with Gasteiger partial charge in [-0.3, -0.25) is 4.79 Å². The van der Waals surface area contributed by atoms with Crippen LogP contribution in [0.2, 0.25) is 0 Å². The van der Waals surface area contributed by atoms with Gasteiger partial charge in [-0.2, -0.15) is 0 Å². The van der Waals surface area contributed by atoms with Gasteiger partial charge in [0, 0.05) is 6.42 Å². The van der Waals surface area contributed by atoms with E-state index in [0.717, 1.165) is 11.3 Å². The zero-order chi connectivity index (χ0) is 15.7. The first-order valence-corrected chi connectivity index (χ1v) is 7.16. The maximum atomic E-state index is 10.5. The van der Waals surface area contributed by atoms with Crippen LogP contribution in [0.15, 0.2) is 36.4 Å². The van der Waals surface area contributed by atoms with Gasteiger partial charge in [0.2, 0.25) is 0 Å². The third-order valence-electron chi connectivity index (χ3n) is 3.11. The van der Waals surface area contributed by atoms with Crippen molar-refractivity contribution < 1.29 is 19.4 Å². The summed E-state index contributed by atoms with van der Waals surface area (Å²) in [6, 6.07) is 7.77. The standard InChI is InChI=1S/C17H24O4/c1-13(2)16(6-4-5-7-17(18)19)21-12-14-8-10-15(20-3)11-9-14/h4,6,8-11,13,16H,5,7,12H2,1-3H3,(H,18,19)/b6-4+/t16-/m0/s1. The first-order chi connectivity index (χ1) is 10.0. The smallest absolute Gasteiger partial charge is 0.303 e. The molecule has 0 bridgehead atoms. The fraction of sp³-hybridized carbons (Fsp3) is 0.471. The largest absolute Gasteiger partial charge is 0.497 e. The van der Waals surface area contributed by atoms with Crippen molar-refractivity contribution in [2.75, 3.05) is 7.11 Å². The summed E-state index contributed by atoms with van der Waals surface area (Å²) in [5, 5.41) is 8.61. The van der Waals surface area contributed by atoms with E-state index >= 15 is 0 Å². The molecule has 0 saturated carbocycles. The van der Waals surface area contributed by atoms with Crippen molar-refractivity contribution in [3.05, 3.63) is 42.0 Å². The number of ether oxygens (including phenoxy) is 2. The Morgan fingerprint density at radius 3 is 2.48 bits per heavy atom. The van der Waals surface area contributed by atoms with Crippen LogP contribution in [0.4, 0.5) is 0 Å². The van der Waals surface area contributed by atoms with E-state index in [1.807, 2.05) is 36.4 Å². The average molecular weight is 292 g/mol. The van der Waals surface area contributed by atoms with E-state index in [2.05, 4.69) is 13.8 Å². The Morgan fingerprint density at radius 1 is 1.29 bits per heavy atom. The number of hydrogen-bond acceptors (Lipinski definition) is 3. The molecule has 1 rings (SSSR count). The summed E-state index contributed by atoms with van der Waals surface area (Å²) in [5.74, 6) is 0.386. The third-order valence-corrected chi connectivity index (χ3v) is 3.11. The Morgan fingerprint density at radius 2 is 1.95 bits per heavy atom. The Bertz CT molecular complexity index is 448. The fourth-order valence-electron chi connectivity index (χ4n) is 1.82. The van der Waals surface area contributed by atoms with E-state index in [0.29, 0.717) is 18.9 Å². The van der Waals surface area contributed by atoms with Crippen LogP contribution in [0, 0.1) is 5.92 Å². The molecule has 0 radical (unpaired) electrons. The van der Waals surface area contributed by atoms with Gasteiger partial charge in [-0.05, 0) is 30.0 Å². The fourth-order valence-corrected chi connectivity index (χ4v) is 1.82. The van der Waals surface area contributed by atoms with Gasteiger partial charge < -0.3 is 14.6 Å². The summed E-state index contributed by atoms with van der Waals surface area (Å²) >= 11 is 0. The molecule has 116 valence electrons. The van der Waals surface area contributed by atoms with Gasteiger partial charge in [0.05, 0.1) is 19.8 Å². The predicted molar refractivity (Wildman–Crippen MR) is 82.4 cm³/mol. The summed E-state index contributed by atoms with van der Waals surface area (Å²) in [6.07, 6.45) is 4.51. The first-order valence-electron chi connectivity index (χ1n) is 7.16. The van der Waals surface area contributed by atoms with E-state index in [1.165, 1.54) is 0 Å². The minimum Gasteiger partial charge on any atom is -0.497 e. The topological polar surface area (TPSA) is 55.8 Å². The molecular formula is C17H24O4. The average Bonchev–Trinajstić information content (AvgIpc) is 2.46. The second kappa shape index (κ2) is 9.19. The van der Waals surface area contributed by atoms with Crippen molar-refractivity contribution in [1.29, 1.82) is 0 Å². The molecule has 0 aliphatic rings. The summed E-state index contributed by atoms with van der Waals surface area (Å²) < 4.78 is 11.0. The molecule has 21 heavy (non-hydrogen) atoms. The highest BCUT2D eigenvalue weighted by Gasteiger charge is 2.10. The highest BCUT2D eigenvalue weighted by molar-refractivity contribution is 5.66. The minimum atomic E-state index is -0.778. The highest BCUT2D eigenvalue weighted by Crippen LogP contribution is 2.15. The molecule has 0 spiro atoms. The van der Waals surface area contributed by atoms with Gasteiger partial charge in [0.15, 0.2) is 0 Å². The van der Waals surface area contributed by atoms with Crippen molar-refractivity contribution in [2.24, 2.45) is 5.92 Å². The molecule has 1 atom stereocenters. The second-order valence-electron chi connectivity index (χ2n) is 5.23. The van der Waals surface area contributed by atoms with Gasteiger partial charge in [-0.1, -0.05) is 38.1 Å². The quantitative estimate of drug-likeness (QED) is 0.706. The van der Waals surface area contributed by atoms with Gasteiger partial charge in [-0.15, -0.1) is 0 Å². The molecule has 0 amide bonds. The van der Waals surface area contributed by atoms with Crippen LogP contribution in [0.1, 0.15) is 32.3 Å². The van der Waals surface area contributed by atoms with E-state index in [9.17, 15) is 4.79 Å². The predicted octanol–water partition coefficient (Wildman–Crippen LogP) is 3.66. The maximum Gasteiger partial charge on any atom is 0.303 e. The van der Waals surface area contributed by atoms with Gasteiger partial charge in [0.25, 0.3) is 0 Å². The summed E-state index contributed by atoms with van der Waals surface area (Å²) in [4.78, 5) is 10.5. The molecule has 1 aromatic rings. The zero-order valence-electron chi connectivity index (χ0n) is 12.9. The SMILES string of the molecule is COc1ccc(CO[C@@H](/C=C/CCC(=O)O)C(C)C)cc1. The number of allylic oxidation sites excluding steroid dienone is 1. The lowest BCUT2D eigenvalue weighted by Crippen LogP contribution is -2.17. The number of carboxylic acid groups (broad SMARTS) is 1. The van der Waals surface area contributed by atoms with Crippen molar-refractivity contribution in [1.82, 2.24) is 0 Å². The van der Waals surface area contributed by atoms with Crippen LogP contribution >= 0.6 is 0 Å². The molecule has 0 unspecified atom stereocenters. The molecule has 4 heteroatoms. The van der Waals surface area contributed by atoms with E-state index in [4.69, 9.17) is 14.6 Å². The van der Waals surface area contributed by atoms with Crippen LogP contribution < -0.4 is 4.74 Å². The molecule has 0 aliphatic carbocycles. The number of aliphatic carboxylic acids is 1. The monoisotopic (exact) mass is 292 g/mol. The van der Waals surface area contributed by atoms with E-state index in [-0.39, 0.29) is 12.5 Å². The molecule has 0 aromatic heterocycles. The van der Waals surface area contributed by atoms with E-state index < -0.39 is 5.97 Å². The van der Waals surface area contributed by atoms with Gasteiger partial charge in [0.1, 0.15) is 5.75 Å². The summed E-state index contributed by atoms with van der Waals surface area (Å²) in [7, 11) is 1.64. The van der Waals surface area contributed by atoms with Gasteiger partial charge >= 0.3 is 5.97 Å². The molecule has 0 aliphatic heterocycles. The van der Waals surface area contributed by atoms with E-state index in [1.54, 1.807) is 7.11 Å². The molecule has 0 fully saturated rings. The Kier molecular flexibility index (Phi) is 7.54. The normalized spacial score (nSPS) is 12.8. The lowest BCUT2D eigenvalue weighted by atomic mass is 10.1. The van der Waals surface area contributed by atoms with Crippen LogP contribution in [-0.2, 0) is 16.1 Å². The molecule has 4 nitrogen and oxygen atoms in total. The zero-order valence-corrected chi connectivity index (χ0v) is 12.9. The van der Waals surface area contributed by atoms with Crippen LogP contribution in [0.3, 0.4) is 0 Å². The lowest BCUT2D eigenvalue weighted by molar-refractivity contribution is -0.136. The highest BCUT2D eigenvalue weighted by atomic mass is 16.5. The Hall–Kier alpha value is -1.81. The van der Waals surface area contributed by atoms with Gasteiger partial charge in [-0.25, -0.2) is 0 Å². The van der Waals surface area contributed by atoms with Crippen molar-refractivity contribution >= 4 is 5.97 Å². The number of hydrogen-bond donors (Lipinski definition) is 1. The first kappa shape index (κ1) is 17.2. The lowest BCUT2D eigenvalue weighted by Gasteiger charge is -2.18. The summed E-state index contributed by atoms with van der Waals surface area (Å²) in [5.41, 5.74) is 1.08. The molecule has 0 heterocycles. The van der Waals surface area contributed by atoms with Crippen molar-refractivity contribution in [2.45, 2.75) is 39.4 Å². The number of carbonyl (C=O) groups is 1. The molecule has 1 N–H and O–H groups in total. The number of benzene rings is 1. The van der Waals surface area contributed by atoms with Crippen LogP contribution in [-0.4, -0.2) is 24.3 Å². The number of carboxylic acids is 1. The molecular weight excluding hydrogens is 268 g/mol. The Labute approximate surface area is 126 Å². The number of methoxy groups -OCH3 is 1.